The summed E-state index contributed by atoms with van der Waals surface area (Å²) in [6.07, 6.45) is -6.77. The summed E-state index contributed by atoms with van der Waals surface area (Å²) in [5, 5.41) is 0. The summed E-state index contributed by atoms with van der Waals surface area (Å²) in [5.74, 6) is -9.22. The lowest BCUT2D eigenvalue weighted by atomic mass is 9.77. The first-order valence-electron chi connectivity index (χ1n) is 19.5. The van der Waals surface area contributed by atoms with Crippen molar-refractivity contribution < 1.29 is 64.3 Å². The van der Waals surface area contributed by atoms with Crippen LogP contribution in [0.25, 0.3) is 0 Å². The van der Waals surface area contributed by atoms with Gasteiger partial charge < -0.3 is 18.9 Å². The maximum atomic E-state index is 14.2. The molecule has 4 aromatic carbocycles. The van der Waals surface area contributed by atoms with Gasteiger partial charge in [0.15, 0.2) is 11.5 Å². The number of alkyl halides is 3. The Balaban J connectivity index is 2.04. The van der Waals surface area contributed by atoms with E-state index in [1.54, 1.807) is 51.4 Å². The van der Waals surface area contributed by atoms with Crippen LogP contribution in [0.15, 0.2) is 48.5 Å². The molecule has 0 bridgehead atoms. The van der Waals surface area contributed by atoms with E-state index in [9.17, 15) is 45.3 Å². The topological polar surface area (TPSA) is 160 Å². The minimum absolute atomic E-state index is 0.0522. The Hall–Kier alpha value is -4.96. The second-order valence-corrected chi connectivity index (χ2v) is 15.9. The largest absolute Gasteiger partial charge is 0.448 e. The first kappa shape index (κ1) is 47.7. The average molecular weight is 835 g/mol. The molecule has 0 saturated heterocycles. The highest BCUT2D eigenvalue weighted by Gasteiger charge is 2.46. The minimum atomic E-state index is -5.53. The van der Waals surface area contributed by atoms with Gasteiger partial charge in [0.1, 0.15) is 87.7 Å². The Bertz CT molecular complexity index is 2430. The molecule has 0 aliphatic rings. The SMILES string of the molecule is BCc1cc(B)c(CB)c(C(=O)Oc2cc(OC(=O)c3cc(B)cc(B)c3CB)cc(OC(=O)c3cc(B)cc(CB)c3CB)c2C(=O)OC(CS(=O)(=O)O)C(F)(F)F)c1. The molecule has 0 aliphatic carbocycles. The normalized spacial score (nSPS) is 12.0. The monoisotopic (exact) mass is 836 g/mol. The molecule has 4 rings (SSSR count). The molecule has 0 fully saturated rings. The van der Waals surface area contributed by atoms with Gasteiger partial charge in [0.25, 0.3) is 10.1 Å². The Morgan fingerprint density at radius 3 is 1.53 bits per heavy atom. The number of carbonyl (C=O) groups is 4. The number of hydrogen-bond acceptors (Lipinski definition) is 10. The van der Waals surface area contributed by atoms with Crippen molar-refractivity contribution in [3.63, 3.8) is 0 Å². The molecule has 0 saturated carbocycles. The van der Waals surface area contributed by atoms with E-state index in [0.29, 0.717) is 53.8 Å². The number of ether oxygens (including phenoxy) is 4. The highest BCUT2D eigenvalue weighted by atomic mass is 32.2. The standard InChI is InChI=1S/C36H40B9F3O11S/c37-9-15-1-20(24(12-40)26(44)2-15)33(50)57-28-7-19(56-32(49)22-5-18(43)6-27(45)25(22)13-41)8-29(31(28)35(52)59-30(36(46,47)48)14-60(53,54)55)58-34(51)21-4-17(42)3-16(10-38)23(21)11-39/h1-8,30H,9-14,37-45H2,(H,53,54,55). The van der Waals surface area contributed by atoms with Crippen molar-refractivity contribution in [1.82, 2.24) is 0 Å². The summed E-state index contributed by atoms with van der Waals surface area (Å²) in [7, 11) is 10.9. The molecule has 0 radical (unpaired) electrons. The molecule has 24 heteroatoms. The van der Waals surface area contributed by atoms with Crippen LogP contribution in [-0.4, -0.2) is 125 Å². The Labute approximate surface area is 355 Å². The number of esters is 4. The van der Waals surface area contributed by atoms with Gasteiger partial charge in [-0.2, -0.15) is 21.6 Å². The molecule has 0 spiro atoms. The van der Waals surface area contributed by atoms with Gasteiger partial charge in [0.2, 0.25) is 6.10 Å². The lowest BCUT2D eigenvalue weighted by Crippen LogP contribution is -2.39. The Kier molecular flexibility index (Phi) is 15.6. The third-order valence-electron chi connectivity index (χ3n) is 9.98. The molecule has 60 heavy (non-hydrogen) atoms. The molecule has 4 aromatic rings. The fraction of sp³-hybridized carbons (Fsp3) is 0.222. The number of hydrogen-bond donors (Lipinski definition) is 1. The molecule has 1 atom stereocenters. The molecule has 0 amide bonds. The average Bonchev–Trinajstić information content (AvgIpc) is 3.15. The predicted octanol–water partition coefficient (Wildman–Crippen LogP) is -5.98. The lowest BCUT2D eigenvalue weighted by Gasteiger charge is -2.22. The van der Waals surface area contributed by atoms with Crippen LogP contribution in [0.2, 0.25) is 0 Å². The quantitative estimate of drug-likeness (QED) is 0.0527. The molecule has 1 N–H and O–H groups in total. The van der Waals surface area contributed by atoms with E-state index in [2.05, 4.69) is 4.74 Å². The summed E-state index contributed by atoms with van der Waals surface area (Å²) in [5.41, 5.74) is 5.48. The third kappa shape index (κ3) is 11.4. The number of benzene rings is 4. The van der Waals surface area contributed by atoms with Crippen molar-refractivity contribution in [1.29, 1.82) is 0 Å². The molecule has 1 unspecified atom stereocenters. The Morgan fingerprint density at radius 2 is 1.07 bits per heavy atom. The van der Waals surface area contributed by atoms with Crippen LogP contribution in [0.4, 0.5) is 13.2 Å². The molecule has 0 aliphatic heterocycles. The zero-order valence-corrected chi connectivity index (χ0v) is 35.8. The first-order chi connectivity index (χ1) is 28.0. The van der Waals surface area contributed by atoms with Crippen LogP contribution in [0.3, 0.4) is 0 Å². The zero-order chi connectivity index (χ0) is 44.9. The highest BCUT2D eigenvalue weighted by molar-refractivity contribution is 7.85. The second kappa shape index (κ2) is 19.6. The number of rotatable bonds is 15. The molecular formula is C36H40B9F3O11S. The van der Waals surface area contributed by atoms with Crippen LogP contribution < -0.4 is 36.1 Å². The van der Waals surface area contributed by atoms with Gasteiger partial charge in [0.05, 0.1) is 16.7 Å². The fourth-order valence-corrected chi connectivity index (χ4v) is 7.88. The van der Waals surface area contributed by atoms with Crippen molar-refractivity contribution in [2.45, 2.75) is 43.9 Å². The third-order valence-corrected chi connectivity index (χ3v) is 10.7. The van der Waals surface area contributed by atoms with Gasteiger partial charge in [-0.1, -0.05) is 94.9 Å². The minimum Gasteiger partial charge on any atom is -0.448 e. The predicted molar refractivity (Wildman–Crippen MR) is 246 cm³/mol. The smallest absolute Gasteiger partial charge is 0.426 e. The molecule has 11 nitrogen and oxygen atoms in total. The Morgan fingerprint density at radius 1 is 0.600 bits per heavy atom. The fourth-order valence-electron chi connectivity index (χ4n) is 7.24. The summed E-state index contributed by atoms with van der Waals surface area (Å²) >= 11 is 0. The van der Waals surface area contributed by atoms with Gasteiger partial charge in [0, 0.05) is 12.1 Å². The van der Waals surface area contributed by atoms with Gasteiger partial charge >= 0.3 is 30.1 Å². The summed E-state index contributed by atoms with van der Waals surface area (Å²) in [6.45, 7) is 0. The van der Waals surface area contributed by atoms with E-state index >= 15 is 0 Å². The summed E-state index contributed by atoms with van der Waals surface area (Å²) in [4.78, 5) is 56.2. The van der Waals surface area contributed by atoms with Gasteiger partial charge in [-0.3, -0.25) is 4.55 Å². The van der Waals surface area contributed by atoms with E-state index < -0.39 is 74.8 Å². The van der Waals surface area contributed by atoms with Crippen molar-refractivity contribution in [3.05, 3.63) is 98.6 Å². The maximum Gasteiger partial charge on any atom is 0.426 e. The summed E-state index contributed by atoms with van der Waals surface area (Å²) in [6, 6.07) is 12.1. The van der Waals surface area contributed by atoms with Crippen LogP contribution in [0, 0.1) is 0 Å². The van der Waals surface area contributed by atoms with Crippen LogP contribution in [0.1, 0.15) is 69.2 Å². The molecule has 304 valence electrons. The van der Waals surface area contributed by atoms with Crippen molar-refractivity contribution in [3.8, 4) is 17.2 Å². The van der Waals surface area contributed by atoms with Crippen LogP contribution >= 0.6 is 0 Å². The maximum absolute atomic E-state index is 14.2. The van der Waals surface area contributed by atoms with Crippen LogP contribution in [0.5, 0.6) is 17.2 Å². The highest BCUT2D eigenvalue weighted by Crippen LogP contribution is 2.38. The second-order valence-electron chi connectivity index (χ2n) is 14.4. The molecule has 0 heterocycles. The van der Waals surface area contributed by atoms with Crippen molar-refractivity contribution in [2.75, 3.05) is 5.75 Å². The van der Waals surface area contributed by atoms with Gasteiger partial charge in [-0.25, -0.2) is 19.2 Å². The van der Waals surface area contributed by atoms with Crippen LogP contribution in [-0.2, 0) is 46.5 Å². The first-order valence-corrected chi connectivity index (χ1v) is 21.1. The van der Waals surface area contributed by atoms with Gasteiger partial charge in [-0.15, -0.1) is 0 Å². The molecular weight excluding hydrogens is 795 g/mol. The van der Waals surface area contributed by atoms with E-state index in [4.69, 9.17) is 14.2 Å². The van der Waals surface area contributed by atoms with Crippen molar-refractivity contribution >= 4 is 126 Å². The number of halogens is 3. The van der Waals surface area contributed by atoms with E-state index in [0.717, 1.165) is 39.6 Å². The van der Waals surface area contributed by atoms with E-state index in [-0.39, 0.29) is 16.7 Å². The molecule has 0 aromatic heterocycles. The van der Waals surface area contributed by atoms with E-state index in [1.165, 1.54) is 6.07 Å². The van der Waals surface area contributed by atoms with Crippen molar-refractivity contribution in [2.24, 2.45) is 0 Å². The summed E-state index contributed by atoms with van der Waals surface area (Å²) < 4.78 is 97.2. The van der Waals surface area contributed by atoms with Gasteiger partial charge in [-0.05, 0) is 22.8 Å². The van der Waals surface area contributed by atoms with E-state index in [1.807, 2.05) is 49.6 Å². The number of carbonyl (C=O) groups excluding carboxylic acids is 4. The zero-order valence-electron chi connectivity index (χ0n) is 35.0. The lowest BCUT2D eigenvalue weighted by molar-refractivity contribution is -0.197.